The Hall–Kier alpha value is -4.33. The van der Waals surface area contributed by atoms with Crippen LogP contribution in [0.2, 0.25) is 0 Å². The van der Waals surface area contributed by atoms with Gasteiger partial charge < -0.3 is 29.0 Å². The monoisotopic (exact) mass is 570 g/mol. The second-order valence-electron chi connectivity index (χ2n) is 10.1. The van der Waals surface area contributed by atoms with E-state index in [2.05, 4.69) is 5.32 Å². The zero-order valence-electron chi connectivity index (χ0n) is 26.8. The number of methoxy groups -OCH3 is 2. The minimum Gasteiger partial charge on any atom is -0.497 e. The van der Waals surface area contributed by atoms with Gasteiger partial charge in [-0.15, -0.1) is 0 Å². The molecule has 7 heteroatoms. The summed E-state index contributed by atoms with van der Waals surface area (Å²) in [5, 5.41) is 3.60. The van der Waals surface area contributed by atoms with Crippen LogP contribution in [0.5, 0.6) is 17.2 Å². The highest BCUT2D eigenvalue weighted by Gasteiger charge is 2.27. The average molecular weight is 571 g/mol. The number of rotatable bonds is 12. The summed E-state index contributed by atoms with van der Waals surface area (Å²) in [6.45, 7) is 2.53. The summed E-state index contributed by atoms with van der Waals surface area (Å²) >= 11 is 0. The number of ether oxygens (including phenoxy) is 5. The smallest absolute Gasteiger partial charge is 0.305 e. The third kappa shape index (κ3) is 7.29. The van der Waals surface area contributed by atoms with Gasteiger partial charge in [0.25, 0.3) is 0 Å². The van der Waals surface area contributed by atoms with Gasteiger partial charge in [-0.2, -0.15) is 0 Å². The molecule has 4 aromatic rings. The summed E-state index contributed by atoms with van der Waals surface area (Å²) in [6.07, 6.45) is 0.250. The molecule has 2 atom stereocenters. The first-order valence-corrected chi connectivity index (χ1v) is 13.9. The van der Waals surface area contributed by atoms with Gasteiger partial charge >= 0.3 is 5.97 Å². The molecule has 0 aromatic heterocycles. The molecule has 1 aliphatic heterocycles. The summed E-state index contributed by atoms with van der Waals surface area (Å²) in [4.78, 5) is 12.2. The second-order valence-corrected chi connectivity index (χ2v) is 10.1. The molecule has 7 nitrogen and oxygen atoms in total. The van der Waals surface area contributed by atoms with E-state index in [0.29, 0.717) is 36.4 Å². The molecular formula is C35H37NO6. The maximum absolute atomic E-state index is 12.2. The standard InChI is InChI=1S/C35H37NO6/c1-24(37)42-35(41-23-26-12-8-5-9-13-26)31-20-29(38-2)15-14-27(31)18-32-30-21-34(40-22-25-10-6-4-7-11-25)33(39-3)19-28(30)16-17-36-32/h4-15,19-21,32,35-36H,16-18,22-23H2,1-3H3/i3D3. The molecule has 1 aliphatic rings. The lowest BCUT2D eigenvalue weighted by atomic mass is 9.88. The summed E-state index contributed by atoms with van der Waals surface area (Å²) in [5.41, 5.74) is 5.40. The zero-order valence-corrected chi connectivity index (χ0v) is 23.8. The molecule has 218 valence electrons. The van der Waals surface area contributed by atoms with Crippen molar-refractivity contribution in [1.82, 2.24) is 5.32 Å². The molecule has 0 saturated carbocycles. The van der Waals surface area contributed by atoms with Crippen LogP contribution in [0.1, 0.15) is 56.7 Å². The van der Waals surface area contributed by atoms with Gasteiger partial charge in [-0.25, -0.2) is 0 Å². The van der Waals surface area contributed by atoms with Gasteiger partial charge in [0.1, 0.15) is 12.4 Å². The topological polar surface area (TPSA) is 75.2 Å². The van der Waals surface area contributed by atoms with Gasteiger partial charge in [-0.3, -0.25) is 4.79 Å². The van der Waals surface area contributed by atoms with Crippen molar-refractivity contribution in [2.45, 2.75) is 45.3 Å². The van der Waals surface area contributed by atoms with Crippen LogP contribution in [0.4, 0.5) is 0 Å². The SMILES string of the molecule is [2H]C([2H])([2H])Oc1cc2c(cc1OCc1ccccc1)C(Cc1ccc(OC)cc1C(OCc1ccccc1)OC(C)=O)NCC2. The first-order chi connectivity index (χ1) is 21.7. The lowest BCUT2D eigenvalue weighted by molar-refractivity contribution is -0.181. The van der Waals surface area contributed by atoms with Crippen LogP contribution >= 0.6 is 0 Å². The van der Waals surface area contributed by atoms with Gasteiger partial charge in [0.2, 0.25) is 6.29 Å². The summed E-state index contributed by atoms with van der Waals surface area (Å²) in [7, 11) is -1.05. The Bertz CT molecular complexity index is 1580. The number of hydrogen-bond donors (Lipinski definition) is 1. The third-order valence-corrected chi connectivity index (χ3v) is 7.26. The van der Waals surface area contributed by atoms with Gasteiger partial charge in [-0.05, 0) is 71.5 Å². The van der Waals surface area contributed by atoms with E-state index in [4.69, 9.17) is 27.8 Å². The van der Waals surface area contributed by atoms with Crippen molar-refractivity contribution >= 4 is 5.97 Å². The van der Waals surface area contributed by atoms with Gasteiger partial charge in [-0.1, -0.05) is 66.7 Å². The van der Waals surface area contributed by atoms with E-state index in [-0.39, 0.29) is 25.0 Å². The molecule has 0 amide bonds. The normalized spacial score (nSPS) is 16.2. The van der Waals surface area contributed by atoms with Crippen molar-refractivity contribution in [1.29, 1.82) is 0 Å². The third-order valence-electron chi connectivity index (χ3n) is 7.26. The molecule has 4 aromatic carbocycles. The van der Waals surface area contributed by atoms with Gasteiger partial charge in [0.05, 0.1) is 24.9 Å². The predicted octanol–water partition coefficient (Wildman–Crippen LogP) is 6.49. The molecule has 0 bridgehead atoms. The van der Waals surface area contributed by atoms with E-state index < -0.39 is 19.3 Å². The molecule has 0 saturated heterocycles. The van der Waals surface area contributed by atoms with Crippen LogP contribution in [0.25, 0.3) is 0 Å². The van der Waals surface area contributed by atoms with Crippen molar-refractivity contribution in [3.05, 3.63) is 124 Å². The van der Waals surface area contributed by atoms with E-state index in [9.17, 15) is 4.79 Å². The fraction of sp³-hybridized carbons (Fsp3) is 0.286. The molecule has 1 N–H and O–H groups in total. The van der Waals surface area contributed by atoms with Crippen molar-refractivity contribution in [2.24, 2.45) is 0 Å². The molecule has 0 radical (unpaired) electrons. The Morgan fingerprint density at radius 1 is 0.929 bits per heavy atom. The number of esters is 1. The highest BCUT2D eigenvalue weighted by molar-refractivity contribution is 5.66. The second kappa shape index (κ2) is 14.0. The average Bonchev–Trinajstić information content (AvgIpc) is 3.02. The zero-order chi connectivity index (χ0) is 31.8. The van der Waals surface area contributed by atoms with E-state index in [1.165, 1.54) is 6.92 Å². The van der Waals surface area contributed by atoms with Crippen molar-refractivity contribution < 1.29 is 32.6 Å². The first-order valence-electron chi connectivity index (χ1n) is 15.4. The summed E-state index contributed by atoms with van der Waals surface area (Å²) < 4.78 is 52.0. The number of benzene rings is 4. The Labute approximate surface area is 251 Å². The Morgan fingerprint density at radius 2 is 1.67 bits per heavy atom. The lowest BCUT2D eigenvalue weighted by Crippen LogP contribution is -2.31. The molecule has 0 aliphatic carbocycles. The van der Waals surface area contributed by atoms with Gasteiger partial charge in [0.15, 0.2) is 11.5 Å². The Kier molecular flexibility index (Phi) is 8.48. The summed E-state index contributed by atoms with van der Waals surface area (Å²) in [5.74, 6) is 0.667. The van der Waals surface area contributed by atoms with Crippen molar-refractivity contribution in [2.75, 3.05) is 20.7 Å². The van der Waals surface area contributed by atoms with Crippen molar-refractivity contribution in [3.63, 3.8) is 0 Å². The van der Waals surface area contributed by atoms with Crippen LogP contribution < -0.4 is 19.5 Å². The summed E-state index contributed by atoms with van der Waals surface area (Å²) in [6, 6.07) is 28.5. The molecule has 42 heavy (non-hydrogen) atoms. The van der Waals surface area contributed by atoms with Crippen LogP contribution in [0, 0.1) is 0 Å². The Balaban J connectivity index is 1.47. The van der Waals surface area contributed by atoms with Crippen LogP contribution in [-0.4, -0.2) is 26.7 Å². The minimum atomic E-state index is -2.63. The van der Waals surface area contributed by atoms with Crippen LogP contribution in [0.15, 0.2) is 91.0 Å². The number of hydrogen-bond acceptors (Lipinski definition) is 7. The van der Waals surface area contributed by atoms with E-state index in [0.717, 1.165) is 27.8 Å². The molecule has 0 fully saturated rings. The van der Waals surface area contributed by atoms with E-state index >= 15 is 0 Å². The number of nitrogens with one attached hydrogen (secondary N) is 1. The number of carbonyl (C=O) groups excluding carboxylic acids is 1. The first kappa shape index (κ1) is 25.4. The Morgan fingerprint density at radius 3 is 2.36 bits per heavy atom. The fourth-order valence-corrected chi connectivity index (χ4v) is 5.17. The van der Waals surface area contributed by atoms with Crippen molar-refractivity contribution in [3.8, 4) is 17.2 Å². The van der Waals surface area contributed by atoms with Crippen LogP contribution in [0.3, 0.4) is 0 Å². The van der Waals surface area contributed by atoms with Gasteiger partial charge in [0, 0.05) is 18.5 Å². The number of carbonyl (C=O) groups is 1. The highest BCUT2D eigenvalue weighted by Crippen LogP contribution is 2.38. The quantitative estimate of drug-likeness (QED) is 0.154. The van der Waals surface area contributed by atoms with Crippen LogP contribution in [-0.2, 0) is 40.3 Å². The molecule has 1 heterocycles. The fourth-order valence-electron chi connectivity index (χ4n) is 5.17. The highest BCUT2D eigenvalue weighted by atomic mass is 16.7. The minimum absolute atomic E-state index is 0.158. The largest absolute Gasteiger partial charge is 0.497 e. The molecule has 5 rings (SSSR count). The van der Waals surface area contributed by atoms with E-state index in [1.54, 1.807) is 13.2 Å². The molecule has 2 unspecified atom stereocenters. The maximum atomic E-state index is 12.2. The molecular weight excluding hydrogens is 530 g/mol. The predicted molar refractivity (Wildman–Crippen MR) is 161 cm³/mol. The maximum Gasteiger partial charge on any atom is 0.305 e. The molecule has 0 spiro atoms. The number of fused-ring (bicyclic) bond motifs is 1. The van der Waals surface area contributed by atoms with E-state index in [1.807, 2.05) is 84.9 Å². The lowest BCUT2D eigenvalue weighted by Gasteiger charge is -2.30.